The molecule has 0 unspecified atom stereocenters. The first-order chi connectivity index (χ1) is 11.5. The van der Waals surface area contributed by atoms with Crippen molar-refractivity contribution in [1.29, 1.82) is 0 Å². The molecule has 0 radical (unpaired) electrons. The summed E-state index contributed by atoms with van der Waals surface area (Å²) in [5.74, 6) is 0.0320. The third kappa shape index (κ3) is 3.55. The smallest absolute Gasteiger partial charge is 0.125 e. The maximum atomic E-state index is 13.4. The molecule has 0 bridgehead atoms. The zero-order valence-corrected chi connectivity index (χ0v) is 13.5. The molecule has 2 saturated heterocycles. The van der Waals surface area contributed by atoms with Gasteiger partial charge in [0.1, 0.15) is 18.0 Å². The molecule has 134 valence electrons. The minimum absolute atomic E-state index is 0.222. The van der Waals surface area contributed by atoms with Crippen LogP contribution in [0.4, 0.5) is 10.1 Å². The maximum absolute atomic E-state index is 13.4. The van der Waals surface area contributed by atoms with E-state index in [4.69, 9.17) is 0 Å². The zero-order valence-electron chi connectivity index (χ0n) is 13.5. The van der Waals surface area contributed by atoms with Gasteiger partial charge >= 0.3 is 0 Å². The van der Waals surface area contributed by atoms with Crippen LogP contribution < -0.4 is 4.90 Å². The first-order valence-electron chi connectivity index (χ1n) is 8.39. The number of hydrogen-bond acceptors (Lipinski definition) is 6. The number of rotatable bonds is 4. The van der Waals surface area contributed by atoms with Crippen LogP contribution in [0.1, 0.15) is 6.42 Å². The zero-order chi connectivity index (χ0) is 17.3. The highest BCUT2D eigenvalue weighted by Gasteiger charge is 2.42. The third-order valence-electron chi connectivity index (χ3n) is 5.17. The third-order valence-corrected chi connectivity index (χ3v) is 5.17. The van der Waals surface area contributed by atoms with Crippen LogP contribution in [-0.4, -0.2) is 82.5 Å². The van der Waals surface area contributed by atoms with E-state index in [0.29, 0.717) is 6.54 Å². The molecular weight excluding hydrogens is 315 g/mol. The largest absolute Gasteiger partial charge is 0.395 e. The number of aliphatic hydroxyl groups excluding tert-OH is 4. The number of β-amino-alcohol motifs (C(OH)–C–C–N with tert-alkyl or cyclic N) is 1. The van der Waals surface area contributed by atoms with Crippen molar-refractivity contribution in [2.45, 2.75) is 30.8 Å². The molecule has 7 heteroatoms. The van der Waals surface area contributed by atoms with Gasteiger partial charge in [-0.3, -0.25) is 4.90 Å². The fourth-order valence-electron chi connectivity index (χ4n) is 3.81. The lowest BCUT2D eigenvalue weighted by atomic mass is 9.93. The Morgan fingerprint density at radius 2 is 1.92 bits per heavy atom. The first-order valence-corrected chi connectivity index (χ1v) is 8.39. The van der Waals surface area contributed by atoms with Crippen molar-refractivity contribution in [3.05, 3.63) is 30.1 Å². The van der Waals surface area contributed by atoms with Gasteiger partial charge < -0.3 is 25.3 Å². The van der Waals surface area contributed by atoms with E-state index in [9.17, 15) is 24.8 Å². The SMILES string of the molecule is OC[C@@H]1[C@@H](O)[C@H](O)[C@@H](O)CN1C[C@H]1CCN(c2cccc(F)c2)C1. The summed E-state index contributed by atoms with van der Waals surface area (Å²) in [6, 6.07) is 5.94. The van der Waals surface area contributed by atoms with Crippen molar-refractivity contribution >= 4 is 5.69 Å². The summed E-state index contributed by atoms with van der Waals surface area (Å²) in [6.45, 7) is 2.13. The van der Waals surface area contributed by atoms with Gasteiger partial charge in [0, 0.05) is 31.9 Å². The summed E-state index contributed by atoms with van der Waals surface area (Å²) in [5, 5.41) is 39.2. The van der Waals surface area contributed by atoms with E-state index < -0.39 is 24.4 Å². The van der Waals surface area contributed by atoms with Crippen molar-refractivity contribution in [3.8, 4) is 0 Å². The Balaban J connectivity index is 1.62. The second kappa shape index (κ2) is 7.33. The number of benzene rings is 1. The van der Waals surface area contributed by atoms with Crippen LogP contribution >= 0.6 is 0 Å². The van der Waals surface area contributed by atoms with Gasteiger partial charge in [-0.1, -0.05) is 6.07 Å². The van der Waals surface area contributed by atoms with Gasteiger partial charge in [-0.2, -0.15) is 0 Å². The molecule has 0 aromatic heterocycles. The average molecular weight is 340 g/mol. The van der Waals surface area contributed by atoms with Crippen molar-refractivity contribution in [2.24, 2.45) is 5.92 Å². The van der Waals surface area contributed by atoms with E-state index in [1.165, 1.54) is 12.1 Å². The molecular formula is C17H25FN2O4. The van der Waals surface area contributed by atoms with Gasteiger partial charge in [0.2, 0.25) is 0 Å². The van der Waals surface area contributed by atoms with Gasteiger partial charge in [-0.05, 0) is 30.5 Å². The highest BCUT2D eigenvalue weighted by molar-refractivity contribution is 5.47. The highest BCUT2D eigenvalue weighted by Crippen LogP contribution is 2.27. The summed E-state index contributed by atoms with van der Waals surface area (Å²) in [6.07, 6.45) is -2.51. The molecule has 6 nitrogen and oxygen atoms in total. The minimum Gasteiger partial charge on any atom is -0.395 e. The fraction of sp³-hybridized carbons (Fsp3) is 0.647. The lowest BCUT2D eigenvalue weighted by Gasteiger charge is -2.44. The van der Waals surface area contributed by atoms with Crippen molar-refractivity contribution < 1.29 is 24.8 Å². The molecule has 0 saturated carbocycles. The van der Waals surface area contributed by atoms with Crippen LogP contribution in [0, 0.1) is 11.7 Å². The second-order valence-electron chi connectivity index (χ2n) is 6.83. The number of likely N-dealkylation sites (tertiary alicyclic amines) is 1. The lowest BCUT2D eigenvalue weighted by molar-refractivity contribution is -0.146. The Morgan fingerprint density at radius 1 is 1.12 bits per heavy atom. The van der Waals surface area contributed by atoms with Gasteiger partial charge in [0.15, 0.2) is 0 Å². The summed E-state index contributed by atoms with van der Waals surface area (Å²) in [5.41, 5.74) is 0.852. The van der Waals surface area contributed by atoms with Crippen molar-refractivity contribution in [3.63, 3.8) is 0 Å². The Kier molecular flexibility index (Phi) is 5.36. The fourth-order valence-corrected chi connectivity index (χ4v) is 3.81. The first kappa shape index (κ1) is 17.6. The number of nitrogens with zero attached hydrogens (tertiary/aromatic N) is 2. The lowest BCUT2D eigenvalue weighted by Crippen LogP contribution is -2.63. The molecule has 5 atom stereocenters. The van der Waals surface area contributed by atoms with Crippen LogP contribution in [0.15, 0.2) is 24.3 Å². The topological polar surface area (TPSA) is 87.4 Å². The van der Waals surface area contributed by atoms with Gasteiger partial charge in [-0.15, -0.1) is 0 Å². The number of anilines is 1. The monoisotopic (exact) mass is 340 g/mol. The van der Waals surface area contributed by atoms with E-state index in [1.807, 2.05) is 11.0 Å². The number of aliphatic hydroxyl groups is 4. The number of halogens is 1. The van der Waals surface area contributed by atoms with Gasteiger partial charge in [-0.25, -0.2) is 4.39 Å². The quantitative estimate of drug-likeness (QED) is 0.586. The van der Waals surface area contributed by atoms with E-state index in [2.05, 4.69) is 4.90 Å². The summed E-state index contributed by atoms with van der Waals surface area (Å²) < 4.78 is 13.4. The molecule has 2 aliphatic heterocycles. The van der Waals surface area contributed by atoms with Crippen LogP contribution in [-0.2, 0) is 0 Å². The van der Waals surface area contributed by atoms with Gasteiger partial charge in [0.05, 0.1) is 18.8 Å². The average Bonchev–Trinajstić information content (AvgIpc) is 3.02. The molecule has 4 N–H and O–H groups in total. The summed E-state index contributed by atoms with van der Waals surface area (Å²) >= 11 is 0. The Morgan fingerprint density at radius 3 is 2.62 bits per heavy atom. The van der Waals surface area contributed by atoms with Crippen LogP contribution in [0.5, 0.6) is 0 Å². The molecule has 2 fully saturated rings. The minimum atomic E-state index is -1.23. The Hall–Kier alpha value is -1.25. The number of hydrogen-bond donors (Lipinski definition) is 4. The predicted octanol–water partition coefficient (Wildman–Crippen LogP) is -0.589. The molecule has 1 aromatic carbocycles. The number of piperidine rings is 1. The van der Waals surface area contributed by atoms with Crippen LogP contribution in [0.2, 0.25) is 0 Å². The van der Waals surface area contributed by atoms with Crippen LogP contribution in [0.25, 0.3) is 0 Å². The maximum Gasteiger partial charge on any atom is 0.125 e. The molecule has 1 aromatic rings. The van der Waals surface area contributed by atoms with E-state index in [-0.39, 0.29) is 24.9 Å². The van der Waals surface area contributed by atoms with E-state index >= 15 is 0 Å². The second-order valence-corrected chi connectivity index (χ2v) is 6.83. The van der Waals surface area contributed by atoms with Crippen LogP contribution in [0.3, 0.4) is 0 Å². The molecule has 0 aliphatic carbocycles. The summed E-state index contributed by atoms with van der Waals surface area (Å²) in [4.78, 5) is 3.97. The summed E-state index contributed by atoms with van der Waals surface area (Å²) in [7, 11) is 0. The normalized spacial score (nSPS) is 34.7. The van der Waals surface area contributed by atoms with Gasteiger partial charge in [0.25, 0.3) is 0 Å². The molecule has 3 rings (SSSR count). The van der Waals surface area contributed by atoms with E-state index in [1.54, 1.807) is 6.07 Å². The van der Waals surface area contributed by atoms with E-state index in [0.717, 1.165) is 25.2 Å². The molecule has 2 aliphatic rings. The Labute approximate surface area is 140 Å². The van der Waals surface area contributed by atoms with Crippen molar-refractivity contribution in [2.75, 3.05) is 37.7 Å². The van der Waals surface area contributed by atoms with Crippen molar-refractivity contribution in [1.82, 2.24) is 4.90 Å². The predicted molar refractivity (Wildman–Crippen MR) is 87.2 cm³/mol. The molecule has 0 amide bonds. The molecule has 24 heavy (non-hydrogen) atoms. The highest BCUT2D eigenvalue weighted by atomic mass is 19.1. The molecule has 2 heterocycles. The standard InChI is InChI=1S/C17H25FN2O4/c18-12-2-1-3-13(6-12)19-5-4-11(7-19)8-20-9-15(22)17(24)16(23)14(20)10-21/h1-3,6,11,14-17,21-24H,4-5,7-10H2/t11-,14+,15-,16+,17+/m0/s1. The Bertz CT molecular complexity index is 561. The molecule has 0 spiro atoms.